The van der Waals surface area contributed by atoms with Crippen molar-refractivity contribution in [2.24, 2.45) is 0 Å². The number of pyridine rings is 1. The summed E-state index contributed by atoms with van der Waals surface area (Å²) in [4.78, 5) is 9.13. The van der Waals surface area contributed by atoms with E-state index in [4.69, 9.17) is 23.2 Å². The lowest BCUT2D eigenvalue weighted by Crippen LogP contribution is -2.34. The smallest absolute Gasteiger partial charge is 0.0895 e. The molecule has 0 unspecified atom stereocenters. The summed E-state index contributed by atoms with van der Waals surface area (Å²) in [5.74, 6) is 0. The third kappa shape index (κ3) is 4.76. The van der Waals surface area contributed by atoms with Gasteiger partial charge in [-0.3, -0.25) is 9.88 Å². The van der Waals surface area contributed by atoms with Gasteiger partial charge in [0.25, 0.3) is 0 Å². The van der Waals surface area contributed by atoms with Crippen LogP contribution in [0.25, 0.3) is 22.4 Å². The first-order chi connectivity index (χ1) is 14.8. The Bertz CT molecular complexity index is 1110. The van der Waals surface area contributed by atoms with Gasteiger partial charge in [-0.15, -0.1) is 0 Å². The number of likely N-dealkylation sites (N-methyl/N-ethyl adjacent to an activating group) is 1. The minimum Gasteiger partial charge on any atom is -0.392 e. The van der Waals surface area contributed by atoms with Crippen LogP contribution in [0.3, 0.4) is 0 Å². The first kappa shape index (κ1) is 22.6. The van der Waals surface area contributed by atoms with Crippen LogP contribution in [-0.2, 0) is 6.54 Å². The second-order valence-corrected chi connectivity index (χ2v) is 9.58. The lowest BCUT2D eigenvalue weighted by atomic mass is 10.0. The van der Waals surface area contributed by atoms with Crippen molar-refractivity contribution < 1.29 is 5.11 Å². The zero-order valence-corrected chi connectivity index (χ0v) is 20.5. The molecule has 2 aromatic carbocycles. The lowest BCUT2D eigenvalue weighted by molar-refractivity contribution is 0.125. The van der Waals surface area contributed by atoms with Crippen LogP contribution in [0, 0.1) is 0 Å². The zero-order valence-electron chi connectivity index (χ0n) is 17.4. The summed E-state index contributed by atoms with van der Waals surface area (Å²) in [5, 5.41) is 11.0. The molecule has 0 aliphatic carbocycles. The molecule has 3 aromatic rings. The maximum atomic E-state index is 9.80. The SMILES string of the molecule is C[C@H](O)CN1CCN(C)c2cc(-c3nccc(-c4cccc(Br)c4Cl)c3Cl)ccc2C1. The first-order valence-corrected chi connectivity index (χ1v) is 11.7. The summed E-state index contributed by atoms with van der Waals surface area (Å²) in [6, 6.07) is 14.1. The van der Waals surface area contributed by atoms with Gasteiger partial charge in [-0.2, -0.15) is 0 Å². The molecule has 0 spiro atoms. The number of fused-ring (bicyclic) bond motifs is 1. The summed E-state index contributed by atoms with van der Waals surface area (Å²) in [7, 11) is 2.10. The van der Waals surface area contributed by atoms with Crippen LogP contribution in [0.15, 0.2) is 53.1 Å². The molecule has 162 valence electrons. The number of β-amino-alcohol motifs (C(OH)–C–C–N with tert-alkyl or cyclic N) is 1. The molecule has 1 atom stereocenters. The van der Waals surface area contributed by atoms with Crippen LogP contribution in [0.2, 0.25) is 10.0 Å². The predicted molar refractivity (Wildman–Crippen MR) is 133 cm³/mol. The molecule has 4 nitrogen and oxygen atoms in total. The molecule has 0 saturated carbocycles. The van der Waals surface area contributed by atoms with Gasteiger partial charge in [0, 0.05) is 66.3 Å². The molecule has 0 amide bonds. The molecule has 2 heterocycles. The summed E-state index contributed by atoms with van der Waals surface area (Å²) < 4.78 is 0.828. The highest BCUT2D eigenvalue weighted by molar-refractivity contribution is 9.10. The summed E-state index contributed by atoms with van der Waals surface area (Å²) in [6.45, 7) is 5.09. The van der Waals surface area contributed by atoms with Crippen molar-refractivity contribution in [1.82, 2.24) is 9.88 Å². The molecule has 4 rings (SSSR count). The quantitative estimate of drug-likeness (QED) is 0.450. The van der Waals surface area contributed by atoms with Gasteiger partial charge in [-0.25, -0.2) is 0 Å². The fourth-order valence-corrected chi connectivity index (χ4v) is 4.94. The van der Waals surface area contributed by atoms with Crippen molar-refractivity contribution in [2.75, 3.05) is 31.6 Å². The Morgan fingerprint density at radius 3 is 2.65 bits per heavy atom. The fourth-order valence-electron chi connectivity index (χ4n) is 4.03. The topological polar surface area (TPSA) is 39.6 Å². The number of halogens is 3. The van der Waals surface area contributed by atoms with Gasteiger partial charge >= 0.3 is 0 Å². The Balaban J connectivity index is 1.74. The molecule has 31 heavy (non-hydrogen) atoms. The molecular weight excluding hydrogens is 497 g/mol. The minimum atomic E-state index is -0.346. The maximum absolute atomic E-state index is 9.80. The lowest BCUT2D eigenvalue weighted by Gasteiger charge is -2.21. The number of aromatic nitrogens is 1. The minimum absolute atomic E-state index is 0.346. The van der Waals surface area contributed by atoms with Crippen LogP contribution >= 0.6 is 39.1 Å². The predicted octanol–water partition coefficient (Wildman–Crippen LogP) is 6.12. The summed E-state index contributed by atoms with van der Waals surface area (Å²) >= 11 is 16.9. The third-order valence-electron chi connectivity index (χ3n) is 5.57. The Hall–Kier alpha value is -1.63. The fraction of sp³-hybridized carbons (Fsp3) is 0.292. The van der Waals surface area contributed by atoms with Gasteiger partial charge in [-0.05, 0) is 46.6 Å². The normalized spacial score (nSPS) is 15.5. The van der Waals surface area contributed by atoms with Crippen molar-refractivity contribution >= 4 is 44.8 Å². The van der Waals surface area contributed by atoms with Crippen molar-refractivity contribution in [3.63, 3.8) is 0 Å². The number of hydrogen-bond acceptors (Lipinski definition) is 4. The zero-order chi connectivity index (χ0) is 22.1. The molecule has 1 aliphatic rings. The van der Waals surface area contributed by atoms with E-state index in [1.165, 1.54) is 5.56 Å². The number of aliphatic hydroxyl groups is 1. The van der Waals surface area contributed by atoms with Crippen LogP contribution in [0.4, 0.5) is 5.69 Å². The molecule has 7 heteroatoms. The van der Waals surface area contributed by atoms with E-state index < -0.39 is 0 Å². The number of hydrogen-bond donors (Lipinski definition) is 1. The third-order valence-corrected chi connectivity index (χ3v) is 7.25. The van der Waals surface area contributed by atoms with E-state index in [-0.39, 0.29) is 6.10 Å². The van der Waals surface area contributed by atoms with E-state index in [9.17, 15) is 5.11 Å². The highest BCUT2D eigenvalue weighted by Gasteiger charge is 2.21. The molecule has 1 N–H and O–H groups in total. The van der Waals surface area contributed by atoms with Crippen molar-refractivity contribution in [3.05, 3.63) is 68.7 Å². The highest BCUT2D eigenvalue weighted by atomic mass is 79.9. The van der Waals surface area contributed by atoms with Gasteiger partial charge in [0.15, 0.2) is 0 Å². The average Bonchev–Trinajstić information content (AvgIpc) is 2.88. The van der Waals surface area contributed by atoms with Crippen LogP contribution in [-0.4, -0.2) is 47.8 Å². The van der Waals surface area contributed by atoms with E-state index in [0.29, 0.717) is 16.6 Å². The van der Waals surface area contributed by atoms with E-state index in [2.05, 4.69) is 56.0 Å². The van der Waals surface area contributed by atoms with Gasteiger partial charge in [0.1, 0.15) is 0 Å². The Morgan fingerprint density at radius 2 is 1.87 bits per heavy atom. The number of anilines is 1. The number of benzene rings is 2. The molecule has 0 fully saturated rings. The van der Waals surface area contributed by atoms with Gasteiger partial charge in [0.2, 0.25) is 0 Å². The molecule has 1 aromatic heterocycles. The van der Waals surface area contributed by atoms with E-state index in [1.54, 1.807) is 6.20 Å². The molecule has 0 radical (unpaired) electrons. The average molecular weight is 521 g/mol. The van der Waals surface area contributed by atoms with Gasteiger partial charge < -0.3 is 10.0 Å². The summed E-state index contributed by atoms with van der Waals surface area (Å²) in [5.41, 5.74) is 5.81. The molecular formula is C24H24BrCl2N3O. The number of rotatable bonds is 4. The largest absolute Gasteiger partial charge is 0.392 e. The highest BCUT2D eigenvalue weighted by Crippen LogP contribution is 2.41. The molecule has 0 bridgehead atoms. The van der Waals surface area contributed by atoms with Crippen LogP contribution in [0.1, 0.15) is 12.5 Å². The number of aliphatic hydroxyl groups excluding tert-OH is 1. The molecule has 1 aliphatic heterocycles. The number of nitrogens with zero attached hydrogens (tertiary/aromatic N) is 3. The standard InChI is InChI=1S/C24H24BrCl2N3O/c1-15(31)13-30-11-10-29(2)21-12-16(6-7-17(21)14-30)24-23(27)19(8-9-28-24)18-4-3-5-20(25)22(18)26/h3-9,12,15,31H,10-11,13-14H2,1-2H3/t15-/m0/s1. The Labute approximate surface area is 201 Å². The molecule has 0 saturated heterocycles. The first-order valence-electron chi connectivity index (χ1n) is 10.2. The van der Waals surface area contributed by atoms with Gasteiger partial charge in [-0.1, -0.05) is 47.5 Å². The van der Waals surface area contributed by atoms with Crippen molar-refractivity contribution in [2.45, 2.75) is 19.6 Å². The van der Waals surface area contributed by atoms with Crippen molar-refractivity contribution in [1.29, 1.82) is 0 Å². The van der Waals surface area contributed by atoms with Crippen LogP contribution in [0.5, 0.6) is 0 Å². The van der Waals surface area contributed by atoms with E-state index in [1.807, 2.05) is 31.2 Å². The van der Waals surface area contributed by atoms with Gasteiger partial charge in [0.05, 0.1) is 21.8 Å². The summed E-state index contributed by atoms with van der Waals surface area (Å²) in [6.07, 6.45) is 1.43. The van der Waals surface area contributed by atoms with E-state index in [0.717, 1.165) is 52.2 Å². The van der Waals surface area contributed by atoms with Crippen LogP contribution < -0.4 is 4.90 Å². The second kappa shape index (κ2) is 9.47. The second-order valence-electron chi connectivity index (χ2n) is 7.97. The Morgan fingerprint density at radius 1 is 1.10 bits per heavy atom. The maximum Gasteiger partial charge on any atom is 0.0895 e. The Kier molecular flexibility index (Phi) is 6.89. The monoisotopic (exact) mass is 519 g/mol. The van der Waals surface area contributed by atoms with E-state index >= 15 is 0 Å². The van der Waals surface area contributed by atoms with Crippen molar-refractivity contribution in [3.8, 4) is 22.4 Å².